The van der Waals surface area contributed by atoms with Gasteiger partial charge < -0.3 is 4.52 Å². The van der Waals surface area contributed by atoms with Crippen molar-refractivity contribution in [2.24, 2.45) is 0 Å². The molecular formula is C9H14N2O. The van der Waals surface area contributed by atoms with Crippen molar-refractivity contribution in [2.45, 2.75) is 33.6 Å². The summed E-state index contributed by atoms with van der Waals surface area (Å²) >= 11 is 0. The van der Waals surface area contributed by atoms with Crippen molar-refractivity contribution in [1.29, 1.82) is 0 Å². The Morgan fingerprint density at radius 2 is 2.08 bits per heavy atom. The topological polar surface area (TPSA) is 38.9 Å². The lowest BCUT2D eigenvalue weighted by Crippen LogP contribution is -1.89. The van der Waals surface area contributed by atoms with Crippen LogP contribution in [0.15, 0.2) is 10.1 Å². The van der Waals surface area contributed by atoms with E-state index in [0.717, 1.165) is 11.4 Å². The van der Waals surface area contributed by atoms with E-state index >= 15 is 0 Å². The quantitative estimate of drug-likeness (QED) is 0.677. The Morgan fingerprint density at radius 1 is 1.42 bits per heavy atom. The maximum Gasteiger partial charge on any atom is 0.250 e. The molecule has 0 aliphatic heterocycles. The first-order valence-corrected chi connectivity index (χ1v) is 4.08. The van der Waals surface area contributed by atoms with Crippen LogP contribution in [0.1, 0.15) is 45.3 Å². The number of nitrogens with zero attached hydrogens (tertiary/aromatic N) is 2. The minimum absolute atomic E-state index is 0.327. The van der Waals surface area contributed by atoms with Crippen LogP contribution in [0.4, 0.5) is 0 Å². The molecule has 0 aliphatic carbocycles. The van der Waals surface area contributed by atoms with Gasteiger partial charge in [-0.15, -0.1) is 0 Å². The summed E-state index contributed by atoms with van der Waals surface area (Å²) < 4.78 is 5.00. The molecule has 0 atom stereocenters. The lowest BCUT2D eigenvalue weighted by molar-refractivity contribution is 0.400. The highest BCUT2D eigenvalue weighted by Gasteiger charge is 2.06. The highest BCUT2D eigenvalue weighted by atomic mass is 16.5. The Kier molecular flexibility index (Phi) is 2.63. The molecule has 12 heavy (non-hydrogen) atoms. The molecule has 0 aromatic carbocycles. The van der Waals surface area contributed by atoms with Crippen LogP contribution in [0.25, 0.3) is 6.08 Å². The monoisotopic (exact) mass is 166 g/mol. The van der Waals surface area contributed by atoms with Crippen LogP contribution in [0.2, 0.25) is 0 Å². The van der Waals surface area contributed by atoms with E-state index in [1.807, 2.05) is 33.8 Å². The molecule has 0 fully saturated rings. The predicted octanol–water partition coefficient (Wildman–Crippen LogP) is 2.62. The average Bonchev–Trinajstić information content (AvgIpc) is 2.34. The van der Waals surface area contributed by atoms with Gasteiger partial charge in [0.15, 0.2) is 5.82 Å². The average molecular weight is 166 g/mol. The van der Waals surface area contributed by atoms with Crippen LogP contribution in [0, 0.1) is 0 Å². The maximum atomic E-state index is 5.00. The molecule has 0 unspecified atom stereocenters. The van der Waals surface area contributed by atoms with Gasteiger partial charge in [-0.25, -0.2) is 0 Å². The minimum atomic E-state index is 0.327. The molecule has 0 amide bonds. The summed E-state index contributed by atoms with van der Waals surface area (Å²) in [6.45, 7) is 8.08. The van der Waals surface area contributed by atoms with Crippen molar-refractivity contribution in [3.05, 3.63) is 17.3 Å². The lowest BCUT2D eigenvalue weighted by atomic mass is 10.2. The second kappa shape index (κ2) is 3.52. The number of hydrogen-bond acceptors (Lipinski definition) is 3. The van der Waals surface area contributed by atoms with Gasteiger partial charge in [0.05, 0.1) is 0 Å². The fraction of sp³-hybridized carbons (Fsp3) is 0.556. The number of rotatable bonds is 2. The molecule has 0 N–H and O–H groups in total. The fourth-order valence-electron chi connectivity index (χ4n) is 0.787. The summed E-state index contributed by atoms with van der Waals surface area (Å²) in [7, 11) is 0. The zero-order valence-electron chi connectivity index (χ0n) is 7.96. The van der Waals surface area contributed by atoms with Crippen LogP contribution in [-0.4, -0.2) is 10.1 Å². The van der Waals surface area contributed by atoms with Gasteiger partial charge in [-0.05, 0) is 13.8 Å². The Balaban J connectivity index is 2.85. The zero-order chi connectivity index (χ0) is 9.14. The first kappa shape index (κ1) is 8.97. The van der Waals surface area contributed by atoms with Crippen LogP contribution < -0.4 is 0 Å². The van der Waals surface area contributed by atoms with Gasteiger partial charge in [0.25, 0.3) is 5.89 Å². The van der Waals surface area contributed by atoms with Crippen molar-refractivity contribution in [1.82, 2.24) is 10.1 Å². The van der Waals surface area contributed by atoms with Crippen molar-refractivity contribution in [3.63, 3.8) is 0 Å². The Morgan fingerprint density at radius 3 is 2.50 bits per heavy atom. The third-order valence-electron chi connectivity index (χ3n) is 1.39. The van der Waals surface area contributed by atoms with E-state index in [1.165, 1.54) is 0 Å². The van der Waals surface area contributed by atoms with Crippen molar-refractivity contribution < 1.29 is 4.52 Å². The molecule has 1 rings (SSSR count). The van der Waals surface area contributed by atoms with E-state index in [1.54, 1.807) is 0 Å². The molecule has 0 radical (unpaired) electrons. The van der Waals surface area contributed by atoms with Gasteiger partial charge >= 0.3 is 0 Å². The van der Waals surface area contributed by atoms with Gasteiger partial charge in [0.1, 0.15) is 0 Å². The van der Waals surface area contributed by atoms with Gasteiger partial charge in [-0.2, -0.15) is 4.98 Å². The Hall–Kier alpha value is -1.12. The largest absolute Gasteiger partial charge is 0.335 e. The molecule has 0 aliphatic rings. The second-order valence-corrected chi connectivity index (χ2v) is 3.37. The third-order valence-corrected chi connectivity index (χ3v) is 1.39. The SMILES string of the molecule is CC(C)=Cc1nc(C(C)C)no1. The summed E-state index contributed by atoms with van der Waals surface area (Å²) in [5.41, 5.74) is 1.16. The lowest BCUT2D eigenvalue weighted by Gasteiger charge is -1.91. The summed E-state index contributed by atoms with van der Waals surface area (Å²) in [6.07, 6.45) is 1.87. The summed E-state index contributed by atoms with van der Waals surface area (Å²) in [5.74, 6) is 1.69. The number of hydrogen-bond donors (Lipinski definition) is 0. The molecule has 66 valence electrons. The maximum absolute atomic E-state index is 5.00. The summed E-state index contributed by atoms with van der Waals surface area (Å²) in [6, 6.07) is 0. The molecule has 1 heterocycles. The standard InChI is InChI=1S/C9H14N2O/c1-6(2)5-8-10-9(7(3)4)11-12-8/h5,7H,1-4H3. The van der Waals surface area contributed by atoms with Gasteiger partial charge in [0.2, 0.25) is 0 Å². The molecule has 1 aromatic heterocycles. The van der Waals surface area contributed by atoms with Gasteiger partial charge in [-0.1, -0.05) is 24.6 Å². The molecule has 0 saturated carbocycles. The fourth-order valence-corrected chi connectivity index (χ4v) is 0.787. The number of aromatic nitrogens is 2. The Bertz CT molecular complexity index is 282. The summed E-state index contributed by atoms with van der Waals surface area (Å²) in [4.78, 5) is 4.20. The van der Waals surface area contributed by atoms with Gasteiger partial charge in [-0.3, -0.25) is 0 Å². The van der Waals surface area contributed by atoms with Gasteiger partial charge in [0, 0.05) is 12.0 Å². The first-order chi connectivity index (χ1) is 5.59. The predicted molar refractivity (Wildman–Crippen MR) is 47.7 cm³/mol. The van der Waals surface area contributed by atoms with Crippen molar-refractivity contribution >= 4 is 6.08 Å². The molecule has 0 spiro atoms. The number of allylic oxidation sites excluding steroid dienone is 1. The normalized spacial score (nSPS) is 10.4. The van der Waals surface area contributed by atoms with E-state index in [2.05, 4.69) is 10.1 Å². The van der Waals surface area contributed by atoms with E-state index in [4.69, 9.17) is 4.52 Å². The molecule has 0 saturated heterocycles. The summed E-state index contributed by atoms with van der Waals surface area (Å²) in [5, 5.41) is 3.84. The van der Waals surface area contributed by atoms with Crippen LogP contribution in [0.3, 0.4) is 0 Å². The van der Waals surface area contributed by atoms with E-state index in [9.17, 15) is 0 Å². The van der Waals surface area contributed by atoms with E-state index in [0.29, 0.717) is 11.8 Å². The first-order valence-electron chi connectivity index (χ1n) is 4.08. The Labute approximate surface area is 72.5 Å². The van der Waals surface area contributed by atoms with Crippen LogP contribution >= 0.6 is 0 Å². The molecule has 0 bridgehead atoms. The second-order valence-electron chi connectivity index (χ2n) is 3.37. The molecule has 1 aromatic rings. The van der Waals surface area contributed by atoms with Crippen molar-refractivity contribution in [3.8, 4) is 0 Å². The van der Waals surface area contributed by atoms with E-state index in [-0.39, 0.29) is 0 Å². The van der Waals surface area contributed by atoms with E-state index < -0.39 is 0 Å². The smallest absolute Gasteiger partial charge is 0.250 e. The van der Waals surface area contributed by atoms with Crippen molar-refractivity contribution in [2.75, 3.05) is 0 Å². The van der Waals surface area contributed by atoms with Crippen LogP contribution in [0.5, 0.6) is 0 Å². The third kappa shape index (κ3) is 2.19. The highest BCUT2D eigenvalue weighted by Crippen LogP contribution is 2.11. The van der Waals surface area contributed by atoms with Crippen LogP contribution in [-0.2, 0) is 0 Å². The molecular weight excluding hydrogens is 152 g/mol. The minimum Gasteiger partial charge on any atom is -0.335 e. The zero-order valence-corrected chi connectivity index (χ0v) is 7.96. The molecule has 3 heteroatoms. The highest BCUT2D eigenvalue weighted by molar-refractivity contribution is 5.41. The molecule has 3 nitrogen and oxygen atoms in total.